The van der Waals surface area contributed by atoms with Crippen molar-refractivity contribution in [2.75, 3.05) is 39.3 Å². The maximum absolute atomic E-state index is 12.7. The van der Waals surface area contributed by atoms with Crippen LogP contribution >= 0.6 is 0 Å². The molecule has 3 amide bonds. The van der Waals surface area contributed by atoms with Gasteiger partial charge in [0.05, 0.1) is 0 Å². The zero-order valence-corrected chi connectivity index (χ0v) is 14.4. The van der Waals surface area contributed by atoms with Crippen molar-refractivity contribution in [1.82, 2.24) is 14.7 Å². The summed E-state index contributed by atoms with van der Waals surface area (Å²) in [6.07, 6.45) is 3.83. The van der Waals surface area contributed by atoms with E-state index in [4.69, 9.17) is 0 Å². The summed E-state index contributed by atoms with van der Waals surface area (Å²) in [4.78, 5) is 41.7. The Balaban J connectivity index is 1.84. The maximum atomic E-state index is 12.7. The van der Waals surface area contributed by atoms with E-state index in [2.05, 4.69) is 0 Å². The topological polar surface area (TPSA) is 60.9 Å². The van der Waals surface area contributed by atoms with Gasteiger partial charge < -0.3 is 14.7 Å². The van der Waals surface area contributed by atoms with E-state index in [9.17, 15) is 14.4 Å². The van der Waals surface area contributed by atoms with Gasteiger partial charge in [0.2, 0.25) is 17.7 Å². The van der Waals surface area contributed by atoms with Crippen LogP contribution in [0.3, 0.4) is 0 Å². The van der Waals surface area contributed by atoms with Gasteiger partial charge in [0.1, 0.15) is 0 Å². The highest BCUT2D eigenvalue weighted by Gasteiger charge is 2.30. The first-order valence-corrected chi connectivity index (χ1v) is 8.85. The molecular formula is C17H29N3O3. The Morgan fingerprint density at radius 3 is 2.09 bits per heavy atom. The highest BCUT2D eigenvalue weighted by molar-refractivity contribution is 5.80. The second-order valence-corrected chi connectivity index (χ2v) is 6.59. The number of rotatable bonds is 3. The fourth-order valence-electron chi connectivity index (χ4n) is 3.46. The molecule has 0 aromatic carbocycles. The minimum atomic E-state index is 0.0310. The maximum Gasteiger partial charge on any atom is 0.225 e. The molecule has 0 aliphatic carbocycles. The summed E-state index contributed by atoms with van der Waals surface area (Å²) in [5.41, 5.74) is 0. The minimum absolute atomic E-state index is 0.0310. The van der Waals surface area contributed by atoms with Crippen molar-refractivity contribution >= 4 is 17.7 Å². The van der Waals surface area contributed by atoms with Crippen LogP contribution in [0, 0.1) is 5.92 Å². The Labute approximate surface area is 138 Å². The van der Waals surface area contributed by atoms with E-state index in [1.165, 1.54) is 0 Å². The molecule has 0 spiro atoms. The molecule has 2 aliphatic rings. The highest BCUT2D eigenvalue weighted by Crippen LogP contribution is 2.20. The first-order chi connectivity index (χ1) is 11.0. The first kappa shape index (κ1) is 17.8. The van der Waals surface area contributed by atoms with Crippen LogP contribution in [0.15, 0.2) is 0 Å². The number of piperidine rings is 1. The lowest BCUT2D eigenvalue weighted by molar-refractivity contribution is -0.140. The Morgan fingerprint density at radius 2 is 1.48 bits per heavy atom. The third-order valence-corrected chi connectivity index (χ3v) is 4.91. The largest absolute Gasteiger partial charge is 0.343 e. The van der Waals surface area contributed by atoms with Gasteiger partial charge in [-0.25, -0.2) is 0 Å². The zero-order valence-electron chi connectivity index (χ0n) is 14.4. The lowest BCUT2D eigenvalue weighted by Gasteiger charge is -2.33. The summed E-state index contributed by atoms with van der Waals surface area (Å²) in [6, 6.07) is 0. The molecule has 0 N–H and O–H groups in total. The lowest BCUT2D eigenvalue weighted by Crippen LogP contribution is -2.45. The van der Waals surface area contributed by atoms with Crippen LogP contribution in [0.2, 0.25) is 0 Å². The number of nitrogens with zero attached hydrogens (tertiary/aromatic N) is 3. The van der Waals surface area contributed by atoms with E-state index in [0.29, 0.717) is 32.6 Å². The standard InChI is InChI=1S/C17H29N3O3/c1-3-5-16(22)19-8-4-9-20(13-12-19)17(23)15-6-10-18(11-7-15)14(2)21/h15H,3-13H2,1-2H3. The monoisotopic (exact) mass is 323 g/mol. The summed E-state index contributed by atoms with van der Waals surface area (Å²) < 4.78 is 0. The van der Waals surface area contributed by atoms with Gasteiger partial charge in [-0.05, 0) is 25.7 Å². The number of hydrogen-bond acceptors (Lipinski definition) is 3. The molecule has 2 saturated heterocycles. The quantitative estimate of drug-likeness (QED) is 0.781. The average Bonchev–Trinajstić information content (AvgIpc) is 2.80. The smallest absolute Gasteiger partial charge is 0.225 e. The summed E-state index contributed by atoms with van der Waals surface area (Å²) in [5.74, 6) is 0.536. The predicted molar refractivity (Wildman–Crippen MR) is 87.7 cm³/mol. The fourth-order valence-corrected chi connectivity index (χ4v) is 3.46. The van der Waals surface area contributed by atoms with Gasteiger partial charge >= 0.3 is 0 Å². The molecule has 0 aromatic rings. The molecule has 2 fully saturated rings. The van der Waals surface area contributed by atoms with Crippen molar-refractivity contribution in [1.29, 1.82) is 0 Å². The van der Waals surface area contributed by atoms with Crippen LogP contribution in [0.25, 0.3) is 0 Å². The summed E-state index contributed by atoms with van der Waals surface area (Å²) in [7, 11) is 0. The average molecular weight is 323 g/mol. The molecule has 0 saturated carbocycles. The van der Waals surface area contributed by atoms with Crippen LogP contribution in [0.4, 0.5) is 0 Å². The van der Waals surface area contributed by atoms with Crippen molar-refractivity contribution in [3.8, 4) is 0 Å². The third kappa shape index (κ3) is 4.69. The van der Waals surface area contributed by atoms with Crippen LogP contribution < -0.4 is 0 Å². The number of hydrogen-bond donors (Lipinski definition) is 0. The number of likely N-dealkylation sites (tertiary alicyclic amines) is 1. The SMILES string of the molecule is CCCC(=O)N1CCCN(C(=O)C2CCN(C(C)=O)CC2)CC1. The van der Waals surface area contributed by atoms with E-state index in [1.54, 1.807) is 6.92 Å². The third-order valence-electron chi connectivity index (χ3n) is 4.91. The molecule has 0 bridgehead atoms. The first-order valence-electron chi connectivity index (χ1n) is 8.85. The van der Waals surface area contributed by atoms with Gasteiger partial charge in [-0.2, -0.15) is 0 Å². The predicted octanol–water partition coefficient (Wildman–Crippen LogP) is 1.11. The minimum Gasteiger partial charge on any atom is -0.343 e. The Kier molecular flexibility index (Phi) is 6.42. The molecule has 6 nitrogen and oxygen atoms in total. The van der Waals surface area contributed by atoms with Crippen LogP contribution in [-0.4, -0.2) is 71.7 Å². The van der Waals surface area contributed by atoms with Gasteiger partial charge in [0, 0.05) is 58.5 Å². The molecular weight excluding hydrogens is 294 g/mol. The second kappa shape index (κ2) is 8.31. The molecule has 2 rings (SSSR count). The summed E-state index contributed by atoms with van der Waals surface area (Å²) in [6.45, 7) is 7.74. The van der Waals surface area contributed by atoms with Crippen LogP contribution in [-0.2, 0) is 14.4 Å². The molecule has 23 heavy (non-hydrogen) atoms. The molecule has 2 aliphatic heterocycles. The fraction of sp³-hybridized carbons (Fsp3) is 0.824. The molecule has 0 aromatic heterocycles. The van der Waals surface area contributed by atoms with E-state index >= 15 is 0 Å². The summed E-state index contributed by atoms with van der Waals surface area (Å²) >= 11 is 0. The molecule has 2 heterocycles. The van der Waals surface area contributed by atoms with E-state index in [-0.39, 0.29) is 23.6 Å². The van der Waals surface area contributed by atoms with Gasteiger partial charge in [-0.3, -0.25) is 14.4 Å². The molecule has 0 atom stereocenters. The van der Waals surface area contributed by atoms with Crippen molar-refractivity contribution in [3.63, 3.8) is 0 Å². The van der Waals surface area contributed by atoms with Gasteiger partial charge in [-0.15, -0.1) is 0 Å². The Bertz CT molecular complexity index is 444. The van der Waals surface area contributed by atoms with Crippen LogP contribution in [0.5, 0.6) is 0 Å². The zero-order chi connectivity index (χ0) is 16.8. The van der Waals surface area contributed by atoms with Gasteiger partial charge in [-0.1, -0.05) is 6.92 Å². The van der Waals surface area contributed by atoms with Gasteiger partial charge in [0.15, 0.2) is 0 Å². The van der Waals surface area contributed by atoms with Crippen molar-refractivity contribution in [3.05, 3.63) is 0 Å². The molecule has 0 unspecified atom stereocenters. The van der Waals surface area contributed by atoms with Crippen molar-refractivity contribution in [2.24, 2.45) is 5.92 Å². The second-order valence-electron chi connectivity index (χ2n) is 6.59. The van der Waals surface area contributed by atoms with E-state index in [1.807, 2.05) is 21.6 Å². The van der Waals surface area contributed by atoms with Gasteiger partial charge in [0.25, 0.3) is 0 Å². The molecule has 6 heteroatoms. The van der Waals surface area contributed by atoms with Crippen molar-refractivity contribution in [2.45, 2.75) is 46.0 Å². The summed E-state index contributed by atoms with van der Waals surface area (Å²) in [5, 5.41) is 0. The highest BCUT2D eigenvalue weighted by atomic mass is 16.2. The molecule has 0 radical (unpaired) electrons. The Hall–Kier alpha value is -1.59. The van der Waals surface area contributed by atoms with Crippen molar-refractivity contribution < 1.29 is 14.4 Å². The normalized spacial score (nSPS) is 20.3. The number of carbonyl (C=O) groups excluding carboxylic acids is 3. The lowest BCUT2D eigenvalue weighted by atomic mass is 9.95. The Morgan fingerprint density at radius 1 is 0.870 bits per heavy atom. The van der Waals surface area contributed by atoms with Crippen LogP contribution in [0.1, 0.15) is 46.0 Å². The number of amides is 3. The van der Waals surface area contributed by atoms with E-state index < -0.39 is 0 Å². The van der Waals surface area contributed by atoms with E-state index in [0.717, 1.165) is 38.8 Å². The number of carbonyl (C=O) groups is 3. The molecule has 130 valence electrons.